The first kappa shape index (κ1) is 18.1. The van der Waals surface area contributed by atoms with Gasteiger partial charge in [-0.2, -0.15) is 0 Å². The zero-order valence-electron chi connectivity index (χ0n) is 14.4. The molecule has 0 saturated heterocycles. The average molecular weight is 379 g/mol. The van der Waals surface area contributed by atoms with Gasteiger partial charge in [0.05, 0.1) is 11.4 Å². The number of nitrogens with one attached hydrogen (secondary N) is 1. The van der Waals surface area contributed by atoms with Crippen LogP contribution in [0.2, 0.25) is 0 Å². The van der Waals surface area contributed by atoms with Crippen LogP contribution in [0, 0.1) is 0 Å². The lowest BCUT2D eigenvalue weighted by atomic mass is 10.2. The predicted octanol–water partition coefficient (Wildman–Crippen LogP) is 2.99. The number of thioether (sulfide) groups is 2. The molecule has 134 valence electrons. The molecule has 0 fully saturated rings. The SMILES string of the molecule is CCCn1c(SCC(=O)N2CC[C@H](C)Sc3ccccc32)n[nH]c1=O. The van der Waals surface area contributed by atoms with Crippen molar-refractivity contribution in [3.8, 4) is 0 Å². The van der Waals surface area contributed by atoms with E-state index in [0.717, 1.165) is 23.4 Å². The fourth-order valence-electron chi connectivity index (χ4n) is 2.78. The molecule has 1 amide bonds. The highest BCUT2D eigenvalue weighted by Gasteiger charge is 2.24. The number of rotatable bonds is 5. The molecule has 25 heavy (non-hydrogen) atoms. The normalized spacial score (nSPS) is 17.2. The summed E-state index contributed by atoms with van der Waals surface area (Å²) in [5, 5.41) is 7.56. The highest BCUT2D eigenvalue weighted by atomic mass is 32.2. The number of H-pyrrole nitrogens is 1. The Bertz CT molecular complexity index is 802. The molecule has 0 spiro atoms. The number of hydrogen-bond donors (Lipinski definition) is 1. The monoisotopic (exact) mass is 378 g/mol. The lowest BCUT2D eigenvalue weighted by Gasteiger charge is -2.22. The molecule has 0 unspecified atom stereocenters. The quantitative estimate of drug-likeness (QED) is 0.810. The molecule has 0 radical (unpaired) electrons. The number of anilines is 1. The fourth-order valence-corrected chi connectivity index (χ4v) is 4.75. The number of carbonyl (C=O) groups excluding carboxylic acids is 1. The first-order chi connectivity index (χ1) is 12.1. The summed E-state index contributed by atoms with van der Waals surface area (Å²) < 4.78 is 1.59. The second-order valence-electron chi connectivity index (χ2n) is 5.98. The van der Waals surface area contributed by atoms with Gasteiger partial charge in [-0.3, -0.25) is 9.36 Å². The van der Waals surface area contributed by atoms with Crippen molar-refractivity contribution in [3.63, 3.8) is 0 Å². The Kier molecular flexibility index (Phi) is 5.90. The van der Waals surface area contributed by atoms with Gasteiger partial charge in [0, 0.05) is 23.2 Å². The Morgan fingerprint density at radius 1 is 1.44 bits per heavy atom. The smallest absolute Gasteiger partial charge is 0.311 e. The highest BCUT2D eigenvalue weighted by molar-refractivity contribution is 8.00. The van der Waals surface area contributed by atoms with Crippen LogP contribution < -0.4 is 10.6 Å². The molecule has 0 aliphatic carbocycles. The number of aromatic nitrogens is 3. The van der Waals surface area contributed by atoms with Gasteiger partial charge in [-0.05, 0) is 25.0 Å². The van der Waals surface area contributed by atoms with Gasteiger partial charge in [0.2, 0.25) is 5.91 Å². The molecule has 6 nitrogen and oxygen atoms in total. The summed E-state index contributed by atoms with van der Waals surface area (Å²) in [6, 6.07) is 8.05. The number of para-hydroxylation sites is 1. The second kappa shape index (κ2) is 8.14. The largest absolute Gasteiger partial charge is 0.343 e. The van der Waals surface area contributed by atoms with Crippen molar-refractivity contribution in [2.24, 2.45) is 0 Å². The Hall–Kier alpha value is -1.67. The standard InChI is InChI=1S/C17H22N4O2S2/c1-3-9-21-16(23)18-19-17(21)24-11-15(22)20-10-8-12(2)25-14-7-5-4-6-13(14)20/h4-7,12H,3,8-11H2,1-2H3,(H,18,23)/t12-/m0/s1. The molecule has 1 aliphatic rings. The van der Waals surface area contributed by atoms with Gasteiger partial charge < -0.3 is 4.90 Å². The number of hydrogen-bond acceptors (Lipinski definition) is 5. The molecule has 3 rings (SSSR count). The second-order valence-corrected chi connectivity index (χ2v) is 8.40. The molecule has 0 bridgehead atoms. The Morgan fingerprint density at radius 3 is 3.04 bits per heavy atom. The van der Waals surface area contributed by atoms with Crippen LogP contribution in [-0.2, 0) is 11.3 Å². The van der Waals surface area contributed by atoms with Crippen LogP contribution in [0.5, 0.6) is 0 Å². The van der Waals surface area contributed by atoms with E-state index < -0.39 is 0 Å². The van der Waals surface area contributed by atoms with Gasteiger partial charge in [0.1, 0.15) is 0 Å². The molecule has 2 aromatic rings. The van der Waals surface area contributed by atoms with E-state index in [1.165, 1.54) is 11.8 Å². The van der Waals surface area contributed by atoms with Crippen LogP contribution in [0.25, 0.3) is 0 Å². The summed E-state index contributed by atoms with van der Waals surface area (Å²) in [5.41, 5.74) is 0.762. The van der Waals surface area contributed by atoms with Crippen LogP contribution in [0.15, 0.2) is 39.1 Å². The molecule has 8 heteroatoms. The zero-order chi connectivity index (χ0) is 17.8. The summed E-state index contributed by atoms with van der Waals surface area (Å²) in [5.74, 6) is 0.312. The van der Waals surface area contributed by atoms with E-state index in [1.807, 2.05) is 41.8 Å². The number of amides is 1. The van der Waals surface area contributed by atoms with Crippen molar-refractivity contribution < 1.29 is 4.79 Å². The van der Waals surface area contributed by atoms with Crippen molar-refractivity contribution in [2.75, 3.05) is 17.2 Å². The first-order valence-corrected chi connectivity index (χ1v) is 10.3. The van der Waals surface area contributed by atoms with Crippen LogP contribution in [0.4, 0.5) is 5.69 Å². The minimum Gasteiger partial charge on any atom is -0.311 e. The van der Waals surface area contributed by atoms with Gasteiger partial charge in [-0.15, -0.1) is 16.9 Å². The molecular formula is C17H22N4O2S2. The van der Waals surface area contributed by atoms with Gasteiger partial charge in [0.25, 0.3) is 0 Å². The van der Waals surface area contributed by atoms with Crippen LogP contribution in [-0.4, -0.2) is 38.2 Å². The Balaban J connectivity index is 1.74. The molecule has 1 N–H and O–H groups in total. The maximum atomic E-state index is 12.8. The van der Waals surface area contributed by atoms with Crippen molar-refractivity contribution in [1.82, 2.24) is 14.8 Å². The van der Waals surface area contributed by atoms with Crippen LogP contribution >= 0.6 is 23.5 Å². The van der Waals surface area contributed by atoms with E-state index in [1.54, 1.807) is 4.57 Å². The topological polar surface area (TPSA) is 71.0 Å². The molecule has 2 heterocycles. The minimum absolute atomic E-state index is 0.0469. The highest BCUT2D eigenvalue weighted by Crippen LogP contribution is 2.37. The maximum Gasteiger partial charge on any atom is 0.343 e. The number of benzene rings is 1. The van der Waals surface area contributed by atoms with Gasteiger partial charge >= 0.3 is 5.69 Å². The van der Waals surface area contributed by atoms with Crippen LogP contribution in [0.1, 0.15) is 26.7 Å². The van der Waals surface area contributed by atoms with E-state index in [0.29, 0.717) is 23.5 Å². The number of fused-ring (bicyclic) bond motifs is 1. The molecule has 1 aliphatic heterocycles. The Morgan fingerprint density at radius 2 is 2.24 bits per heavy atom. The third kappa shape index (κ3) is 4.12. The summed E-state index contributed by atoms with van der Waals surface area (Å²) in [4.78, 5) is 27.6. The van der Waals surface area contributed by atoms with E-state index in [9.17, 15) is 9.59 Å². The van der Waals surface area contributed by atoms with Crippen molar-refractivity contribution in [3.05, 3.63) is 34.7 Å². The molecule has 1 aromatic carbocycles. The Labute approximate surface area is 155 Å². The summed E-state index contributed by atoms with van der Waals surface area (Å²) in [7, 11) is 0. The molecule has 0 saturated carbocycles. The summed E-state index contributed by atoms with van der Waals surface area (Å²) in [6.45, 7) is 5.52. The fraction of sp³-hybridized carbons (Fsp3) is 0.471. The number of carbonyl (C=O) groups is 1. The third-order valence-corrected chi connectivity index (χ3v) is 6.24. The first-order valence-electron chi connectivity index (χ1n) is 8.44. The van der Waals surface area contributed by atoms with E-state index >= 15 is 0 Å². The van der Waals surface area contributed by atoms with Gasteiger partial charge in [-0.25, -0.2) is 9.89 Å². The third-order valence-electron chi connectivity index (χ3n) is 4.04. The van der Waals surface area contributed by atoms with E-state index in [2.05, 4.69) is 23.2 Å². The molecule has 1 aromatic heterocycles. The molecular weight excluding hydrogens is 356 g/mol. The minimum atomic E-state index is -0.220. The maximum absolute atomic E-state index is 12.8. The summed E-state index contributed by atoms with van der Waals surface area (Å²) in [6.07, 6.45) is 1.80. The lowest BCUT2D eigenvalue weighted by molar-refractivity contribution is -0.116. The van der Waals surface area contributed by atoms with Crippen LogP contribution in [0.3, 0.4) is 0 Å². The number of aromatic amines is 1. The average Bonchev–Trinajstić information content (AvgIpc) is 2.85. The van der Waals surface area contributed by atoms with Gasteiger partial charge in [0.15, 0.2) is 5.16 Å². The van der Waals surface area contributed by atoms with Crippen molar-refractivity contribution in [1.29, 1.82) is 0 Å². The van der Waals surface area contributed by atoms with Gasteiger partial charge in [-0.1, -0.05) is 37.7 Å². The van der Waals surface area contributed by atoms with E-state index in [-0.39, 0.29) is 17.3 Å². The zero-order valence-corrected chi connectivity index (χ0v) is 16.0. The van der Waals surface area contributed by atoms with Crippen molar-refractivity contribution >= 4 is 35.1 Å². The van der Waals surface area contributed by atoms with E-state index in [4.69, 9.17) is 0 Å². The molecule has 1 atom stereocenters. The summed E-state index contributed by atoms with van der Waals surface area (Å²) >= 11 is 3.13. The predicted molar refractivity (Wildman–Crippen MR) is 103 cm³/mol. The lowest BCUT2D eigenvalue weighted by Crippen LogP contribution is -2.33. The number of nitrogens with zero attached hydrogens (tertiary/aromatic N) is 3. The van der Waals surface area contributed by atoms with Crippen molar-refractivity contribution in [2.45, 2.75) is 48.5 Å².